The lowest BCUT2D eigenvalue weighted by molar-refractivity contribution is -0.108. The summed E-state index contributed by atoms with van der Waals surface area (Å²) in [7, 11) is 0. The van der Waals surface area contributed by atoms with Crippen molar-refractivity contribution < 1.29 is 4.79 Å². The highest BCUT2D eigenvalue weighted by molar-refractivity contribution is 7.09. The number of benzene rings is 1. The van der Waals surface area contributed by atoms with Gasteiger partial charge in [0.2, 0.25) is 6.41 Å². The molecule has 0 saturated heterocycles. The van der Waals surface area contributed by atoms with Gasteiger partial charge in [-0.3, -0.25) is 9.79 Å². The molecule has 0 aliphatic carbocycles. The van der Waals surface area contributed by atoms with Crippen molar-refractivity contribution in [2.45, 2.75) is 20.3 Å². The van der Waals surface area contributed by atoms with Crippen LogP contribution in [0.3, 0.4) is 0 Å². The minimum atomic E-state index is 0.594. The number of carbonyl (C=O) groups excluding carboxylic acids is 1. The van der Waals surface area contributed by atoms with Gasteiger partial charge in [0.05, 0.1) is 16.4 Å². The Morgan fingerprint density at radius 2 is 2.06 bits per heavy atom. The molecule has 3 aromatic rings. The molecule has 0 aliphatic rings. The molecule has 174 valence electrons. The highest BCUT2D eigenvalue weighted by Gasteiger charge is 2.11. The lowest BCUT2D eigenvalue weighted by atomic mass is 10.0. The number of carbonyl (C=O) groups is 1. The van der Waals surface area contributed by atoms with Gasteiger partial charge < -0.3 is 16.4 Å². The molecule has 8 heteroatoms. The van der Waals surface area contributed by atoms with E-state index in [9.17, 15) is 4.79 Å². The molecular weight excluding hydrogens is 444 g/mol. The number of nitrogens with one attached hydrogen (secondary N) is 2. The van der Waals surface area contributed by atoms with E-state index in [1.54, 1.807) is 36.0 Å². The maximum atomic E-state index is 10.7. The molecule has 3 rings (SSSR count). The molecule has 4 N–H and O–H groups in total. The van der Waals surface area contributed by atoms with Gasteiger partial charge in [-0.25, -0.2) is 9.97 Å². The summed E-state index contributed by atoms with van der Waals surface area (Å²) in [6, 6.07) is 10.00. The molecule has 0 aliphatic heterocycles. The van der Waals surface area contributed by atoms with Crippen LogP contribution in [-0.4, -0.2) is 29.1 Å². The van der Waals surface area contributed by atoms with E-state index in [2.05, 4.69) is 32.6 Å². The topological polar surface area (TPSA) is 105 Å². The molecule has 0 saturated carbocycles. The van der Waals surface area contributed by atoms with Crippen molar-refractivity contribution in [2.75, 3.05) is 11.9 Å². The summed E-state index contributed by atoms with van der Waals surface area (Å²) >= 11 is 1.63. The Bertz CT molecular complexity index is 1220. The maximum Gasteiger partial charge on any atom is 0.211 e. The van der Waals surface area contributed by atoms with Crippen LogP contribution in [0, 0.1) is 6.92 Å². The molecule has 0 radical (unpaired) electrons. The van der Waals surface area contributed by atoms with E-state index in [1.165, 1.54) is 0 Å². The third-order valence-corrected chi connectivity index (χ3v) is 5.88. The Balaban J connectivity index is 1.94. The van der Waals surface area contributed by atoms with Crippen molar-refractivity contribution in [2.24, 2.45) is 10.7 Å². The van der Waals surface area contributed by atoms with E-state index in [-0.39, 0.29) is 0 Å². The number of nitrogens with zero attached hydrogens (tertiary/aromatic N) is 3. The van der Waals surface area contributed by atoms with Gasteiger partial charge in [0.25, 0.3) is 0 Å². The fourth-order valence-electron chi connectivity index (χ4n) is 3.17. The van der Waals surface area contributed by atoms with Gasteiger partial charge in [-0.1, -0.05) is 24.8 Å². The molecule has 2 aromatic heterocycles. The number of allylic oxidation sites excluding steroid dienone is 2. The molecule has 0 spiro atoms. The summed E-state index contributed by atoms with van der Waals surface area (Å²) in [6.45, 7) is 8.31. The van der Waals surface area contributed by atoms with E-state index in [0.717, 1.165) is 45.1 Å². The first-order chi connectivity index (χ1) is 16.6. The van der Waals surface area contributed by atoms with Gasteiger partial charge >= 0.3 is 0 Å². The highest BCUT2D eigenvalue weighted by Crippen LogP contribution is 2.28. The summed E-state index contributed by atoms with van der Waals surface area (Å²) < 4.78 is 0. The smallest absolute Gasteiger partial charge is 0.211 e. The van der Waals surface area contributed by atoms with Crippen LogP contribution in [0.2, 0.25) is 0 Å². The average molecular weight is 473 g/mol. The number of rotatable bonds is 11. The van der Waals surface area contributed by atoms with Crippen molar-refractivity contribution in [1.82, 2.24) is 15.3 Å². The van der Waals surface area contributed by atoms with Gasteiger partial charge in [-0.05, 0) is 55.8 Å². The van der Waals surface area contributed by atoms with E-state index in [1.807, 2.05) is 50.3 Å². The Kier molecular flexibility index (Phi) is 9.02. The molecule has 1 aromatic carbocycles. The summed E-state index contributed by atoms with van der Waals surface area (Å²) in [5.41, 5.74) is 11.9. The SMILES string of the molecule is C=C/C(=C\N=CC)c1cc(/C=C\NC=O)c(C)c(Nc2ccc(-c3csc(CCN)n3)cc2)n1. The van der Waals surface area contributed by atoms with Gasteiger partial charge in [0.15, 0.2) is 0 Å². The van der Waals surface area contributed by atoms with Gasteiger partial charge in [0, 0.05) is 47.2 Å². The van der Waals surface area contributed by atoms with Crippen LogP contribution in [0.1, 0.15) is 28.8 Å². The summed E-state index contributed by atoms with van der Waals surface area (Å²) in [6.07, 6.45) is 9.96. The first kappa shape index (κ1) is 24.8. The Morgan fingerprint density at radius 1 is 1.26 bits per heavy atom. The highest BCUT2D eigenvalue weighted by atomic mass is 32.1. The Labute approximate surface area is 203 Å². The van der Waals surface area contributed by atoms with E-state index < -0.39 is 0 Å². The average Bonchev–Trinajstić information content (AvgIpc) is 3.31. The summed E-state index contributed by atoms with van der Waals surface area (Å²) in [5, 5.41) is 9.06. The number of hydrogen-bond donors (Lipinski definition) is 3. The van der Waals surface area contributed by atoms with Crippen LogP contribution in [-0.2, 0) is 11.2 Å². The predicted molar refractivity (Wildman–Crippen MR) is 143 cm³/mol. The number of nitrogens with two attached hydrogens (primary N) is 1. The van der Waals surface area contributed by atoms with Crippen LogP contribution in [0.5, 0.6) is 0 Å². The van der Waals surface area contributed by atoms with Crippen molar-refractivity contribution in [3.05, 3.63) is 82.6 Å². The molecule has 1 amide bonds. The first-order valence-corrected chi connectivity index (χ1v) is 11.7. The van der Waals surface area contributed by atoms with Gasteiger partial charge in [-0.2, -0.15) is 0 Å². The van der Waals surface area contributed by atoms with Crippen molar-refractivity contribution in [3.63, 3.8) is 0 Å². The monoisotopic (exact) mass is 472 g/mol. The molecule has 0 bridgehead atoms. The van der Waals surface area contributed by atoms with E-state index in [4.69, 9.17) is 10.7 Å². The van der Waals surface area contributed by atoms with E-state index in [0.29, 0.717) is 24.5 Å². The lowest BCUT2D eigenvalue weighted by Crippen LogP contribution is -2.03. The van der Waals surface area contributed by atoms with Crippen LogP contribution < -0.4 is 16.4 Å². The number of amides is 1. The molecule has 7 nitrogen and oxygen atoms in total. The minimum Gasteiger partial charge on any atom is -0.340 e. The second kappa shape index (κ2) is 12.4. The Hall–Kier alpha value is -3.88. The summed E-state index contributed by atoms with van der Waals surface area (Å²) in [4.78, 5) is 24.3. The second-order valence-corrected chi connectivity index (χ2v) is 8.19. The number of aromatic nitrogens is 2. The van der Waals surface area contributed by atoms with Crippen LogP contribution in [0.4, 0.5) is 11.5 Å². The Morgan fingerprint density at radius 3 is 2.74 bits per heavy atom. The predicted octanol–water partition coefficient (Wildman–Crippen LogP) is 5.09. The van der Waals surface area contributed by atoms with Crippen LogP contribution in [0.25, 0.3) is 22.9 Å². The van der Waals surface area contributed by atoms with Gasteiger partial charge in [-0.15, -0.1) is 11.3 Å². The van der Waals surface area contributed by atoms with Gasteiger partial charge in [0.1, 0.15) is 5.82 Å². The number of anilines is 2. The third-order valence-electron chi connectivity index (χ3n) is 4.97. The van der Waals surface area contributed by atoms with Crippen molar-refractivity contribution in [1.29, 1.82) is 0 Å². The number of pyridine rings is 1. The van der Waals surface area contributed by atoms with E-state index >= 15 is 0 Å². The molecule has 2 heterocycles. The largest absolute Gasteiger partial charge is 0.340 e. The fourth-order valence-corrected chi connectivity index (χ4v) is 3.99. The number of thiazole rings is 1. The van der Waals surface area contributed by atoms with Crippen LogP contribution in [0.15, 0.2) is 65.8 Å². The van der Waals surface area contributed by atoms with Crippen molar-refractivity contribution >= 4 is 47.1 Å². The standard InChI is InChI=1S/C26H28N6OS/c1-4-19(15-28-5-2)23-14-21(11-13-29-17-33)18(3)26(32-23)30-22-8-6-20(7-9-22)24-16-34-25(31-24)10-12-27/h4-9,11,13-17H,1,10,12,27H2,2-3H3,(H,29,33)(H,30,32)/b13-11-,19-15+,28-5?. The third kappa shape index (κ3) is 6.34. The molecule has 0 fully saturated rings. The maximum absolute atomic E-state index is 10.7. The normalized spacial score (nSPS) is 11.8. The fraction of sp³-hybridized carbons (Fsp3) is 0.154. The minimum absolute atomic E-state index is 0.594. The molecule has 0 atom stereocenters. The molecule has 0 unspecified atom stereocenters. The number of hydrogen-bond acceptors (Lipinski definition) is 7. The lowest BCUT2D eigenvalue weighted by Gasteiger charge is -2.14. The quantitative estimate of drug-likeness (QED) is 0.205. The second-order valence-electron chi connectivity index (χ2n) is 7.25. The molecular formula is C26H28N6OS. The zero-order valence-electron chi connectivity index (χ0n) is 19.3. The first-order valence-electron chi connectivity index (χ1n) is 10.8. The zero-order chi connectivity index (χ0) is 24.3. The van der Waals surface area contributed by atoms with Crippen LogP contribution >= 0.6 is 11.3 Å². The molecule has 34 heavy (non-hydrogen) atoms. The van der Waals surface area contributed by atoms with Crippen molar-refractivity contribution in [3.8, 4) is 11.3 Å². The zero-order valence-corrected chi connectivity index (χ0v) is 20.1. The number of aliphatic imine (C=N–C) groups is 1. The summed E-state index contributed by atoms with van der Waals surface area (Å²) in [5.74, 6) is 0.697.